The fourth-order valence-corrected chi connectivity index (χ4v) is 2.26. The molecule has 0 bridgehead atoms. The second-order valence-corrected chi connectivity index (χ2v) is 5.13. The van der Waals surface area contributed by atoms with Gasteiger partial charge >= 0.3 is 0 Å². The predicted octanol–water partition coefficient (Wildman–Crippen LogP) is 4.12. The van der Waals surface area contributed by atoms with Crippen LogP contribution in [0.15, 0.2) is 54.6 Å². The van der Waals surface area contributed by atoms with Gasteiger partial charge in [0.25, 0.3) is 0 Å². The molecule has 0 saturated heterocycles. The Morgan fingerprint density at radius 1 is 1.26 bits per heavy atom. The molecule has 0 aromatic heterocycles. The molecule has 3 nitrogen and oxygen atoms in total. The number of benzene rings is 2. The average molecular weight is 313 g/mol. The topological polar surface area (TPSA) is 38.3 Å². The summed E-state index contributed by atoms with van der Waals surface area (Å²) in [7, 11) is 1.62. The first-order valence-corrected chi connectivity index (χ1v) is 7.50. The smallest absolute Gasteiger partial charge is 0.244 e. The Balaban J connectivity index is 2.01. The Morgan fingerprint density at radius 2 is 2.00 bits per heavy atom. The van der Waals surface area contributed by atoms with Crippen LogP contribution in [0.3, 0.4) is 0 Å². The van der Waals surface area contributed by atoms with Gasteiger partial charge in [0.15, 0.2) is 0 Å². The molecule has 0 aliphatic heterocycles. The van der Waals surface area contributed by atoms with Crippen molar-refractivity contribution < 1.29 is 13.9 Å². The number of hydrogen-bond donors (Lipinski definition) is 1. The van der Waals surface area contributed by atoms with Gasteiger partial charge in [0.05, 0.1) is 13.2 Å². The maximum atomic E-state index is 13.1. The highest BCUT2D eigenvalue weighted by atomic mass is 19.1. The summed E-state index contributed by atoms with van der Waals surface area (Å²) in [5.74, 6) is 0.245. The van der Waals surface area contributed by atoms with E-state index >= 15 is 0 Å². The van der Waals surface area contributed by atoms with Crippen molar-refractivity contribution in [2.24, 2.45) is 0 Å². The minimum Gasteiger partial charge on any atom is -0.497 e. The molecular weight excluding hydrogens is 293 g/mol. The molecular formula is C19H20FNO2. The van der Waals surface area contributed by atoms with E-state index in [2.05, 4.69) is 5.32 Å². The molecule has 0 spiro atoms. The Bertz CT molecular complexity index is 680. The van der Waals surface area contributed by atoms with Gasteiger partial charge < -0.3 is 10.1 Å². The predicted molar refractivity (Wildman–Crippen MR) is 89.6 cm³/mol. The molecule has 1 amide bonds. The van der Waals surface area contributed by atoms with Crippen LogP contribution in [0.1, 0.15) is 30.5 Å². The molecule has 2 aromatic carbocycles. The van der Waals surface area contributed by atoms with Crippen LogP contribution in [0.5, 0.6) is 5.75 Å². The summed E-state index contributed by atoms with van der Waals surface area (Å²) in [6, 6.07) is 13.6. The largest absolute Gasteiger partial charge is 0.497 e. The van der Waals surface area contributed by atoms with E-state index in [0.717, 1.165) is 17.7 Å². The van der Waals surface area contributed by atoms with Crippen molar-refractivity contribution in [2.45, 2.75) is 19.4 Å². The molecule has 0 fully saturated rings. The fourth-order valence-electron chi connectivity index (χ4n) is 2.26. The summed E-state index contributed by atoms with van der Waals surface area (Å²) in [5, 5.41) is 2.95. The van der Waals surface area contributed by atoms with Gasteiger partial charge in [-0.3, -0.25) is 4.79 Å². The Labute approximate surface area is 135 Å². The number of carbonyl (C=O) groups is 1. The molecule has 0 radical (unpaired) electrons. The molecule has 0 heterocycles. The molecule has 1 atom stereocenters. The van der Waals surface area contributed by atoms with Crippen molar-refractivity contribution in [3.8, 4) is 5.75 Å². The van der Waals surface area contributed by atoms with E-state index in [1.165, 1.54) is 18.2 Å². The third kappa shape index (κ3) is 4.95. The lowest BCUT2D eigenvalue weighted by Gasteiger charge is -2.16. The fraction of sp³-hybridized carbons (Fsp3) is 0.211. The highest BCUT2D eigenvalue weighted by molar-refractivity contribution is 5.92. The zero-order chi connectivity index (χ0) is 16.7. The van der Waals surface area contributed by atoms with Gasteiger partial charge in [-0.2, -0.15) is 0 Å². The van der Waals surface area contributed by atoms with Gasteiger partial charge in [-0.25, -0.2) is 4.39 Å². The standard InChI is InChI=1S/C19H20FNO2/c1-3-18(15-8-10-17(23-2)11-9-15)21-19(22)12-7-14-5-4-6-16(20)13-14/h4-13,18H,3H2,1-2H3,(H,21,22)/b12-7+/t18-/m0/s1. The zero-order valence-corrected chi connectivity index (χ0v) is 13.3. The van der Waals surface area contributed by atoms with E-state index < -0.39 is 0 Å². The third-order valence-electron chi connectivity index (χ3n) is 3.52. The number of hydrogen-bond acceptors (Lipinski definition) is 2. The van der Waals surface area contributed by atoms with Crippen molar-refractivity contribution in [3.05, 3.63) is 71.6 Å². The van der Waals surface area contributed by atoms with E-state index in [1.807, 2.05) is 31.2 Å². The van der Waals surface area contributed by atoms with E-state index in [4.69, 9.17) is 4.74 Å². The van der Waals surface area contributed by atoms with E-state index in [1.54, 1.807) is 25.3 Å². The van der Waals surface area contributed by atoms with Crippen LogP contribution < -0.4 is 10.1 Å². The molecule has 0 saturated carbocycles. The van der Waals surface area contributed by atoms with Gasteiger partial charge in [0.1, 0.15) is 11.6 Å². The first-order chi connectivity index (χ1) is 11.1. The monoisotopic (exact) mass is 313 g/mol. The lowest BCUT2D eigenvalue weighted by Crippen LogP contribution is -2.26. The second kappa shape index (κ2) is 8.13. The van der Waals surface area contributed by atoms with E-state index in [9.17, 15) is 9.18 Å². The molecule has 23 heavy (non-hydrogen) atoms. The number of rotatable bonds is 6. The highest BCUT2D eigenvalue weighted by Crippen LogP contribution is 2.20. The van der Waals surface area contributed by atoms with Crippen molar-refractivity contribution in [1.82, 2.24) is 5.32 Å². The van der Waals surface area contributed by atoms with Crippen molar-refractivity contribution in [2.75, 3.05) is 7.11 Å². The number of ether oxygens (including phenoxy) is 1. The number of methoxy groups -OCH3 is 1. The Morgan fingerprint density at radius 3 is 2.61 bits per heavy atom. The lowest BCUT2D eigenvalue weighted by molar-refractivity contribution is -0.117. The van der Waals surface area contributed by atoms with Gasteiger partial charge in [0, 0.05) is 6.08 Å². The van der Waals surface area contributed by atoms with E-state index in [0.29, 0.717) is 5.56 Å². The summed E-state index contributed by atoms with van der Waals surface area (Å²) < 4.78 is 18.2. The molecule has 4 heteroatoms. The number of amides is 1. The molecule has 0 aliphatic carbocycles. The Kier molecular flexibility index (Phi) is 5.92. The first-order valence-electron chi connectivity index (χ1n) is 7.50. The molecule has 1 N–H and O–H groups in total. The number of halogens is 1. The SMILES string of the molecule is CC[C@H](NC(=O)/C=C/c1cccc(F)c1)c1ccc(OC)cc1. The third-order valence-corrected chi connectivity index (χ3v) is 3.52. The van der Waals surface area contributed by atoms with Crippen molar-refractivity contribution in [3.63, 3.8) is 0 Å². The summed E-state index contributed by atoms with van der Waals surface area (Å²) in [4.78, 5) is 12.1. The minimum absolute atomic E-state index is 0.0782. The first kappa shape index (κ1) is 16.7. The summed E-state index contributed by atoms with van der Waals surface area (Å²) in [6.45, 7) is 2.01. The maximum Gasteiger partial charge on any atom is 0.244 e. The molecule has 2 aromatic rings. The molecule has 0 unspecified atom stereocenters. The van der Waals surface area contributed by atoms with Crippen LogP contribution in [0.2, 0.25) is 0 Å². The molecule has 120 valence electrons. The Hall–Kier alpha value is -2.62. The van der Waals surface area contributed by atoms with Crippen molar-refractivity contribution in [1.29, 1.82) is 0 Å². The van der Waals surface area contributed by atoms with E-state index in [-0.39, 0.29) is 17.8 Å². The number of carbonyl (C=O) groups excluding carboxylic acids is 1. The summed E-state index contributed by atoms with van der Waals surface area (Å²) in [5.41, 5.74) is 1.67. The molecule has 0 aliphatic rings. The van der Waals surface area contributed by atoms with Crippen LogP contribution in [-0.2, 0) is 4.79 Å². The van der Waals surface area contributed by atoms with Crippen LogP contribution in [0.25, 0.3) is 6.08 Å². The summed E-state index contributed by atoms with van der Waals surface area (Å²) in [6.07, 6.45) is 3.78. The second-order valence-electron chi connectivity index (χ2n) is 5.13. The van der Waals surface area contributed by atoms with Crippen LogP contribution in [0.4, 0.5) is 4.39 Å². The molecule has 2 rings (SSSR count). The normalized spacial score (nSPS) is 12.1. The van der Waals surface area contributed by atoms with Crippen LogP contribution in [0, 0.1) is 5.82 Å². The zero-order valence-electron chi connectivity index (χ0n) is 13.3. The van der Waals surface area contributed by atoms with Gasteiger partial charge in [-0.1, -0.05) is 31.2 Å². The minimum atomic E-state index is -0.322. The number of nitrogens with one attached hydrogen (secondary N) is 1. The van der Waals surface area contributed by atoms with Crippen molar-refractivity contribution >= 4 is 12.0 Å². The average Bonchev–Trinajstić information content (AvgIpc) is 2.58. The van der Waals surface area contributed by atoms with Crippen LogP contribution >= 0.6 is 0 Å². The van der Waals surface area contributed by atoms with Gasteiger partial charge in [0.2, 0.25) is 5.91 Å². The van der Waals surface area contributed by atoms with Gasteiger partial charge in [-0.15, -0.1) is 0 Å². The summed E-state index contributed by atoms with van der Waals surface area (Å²) >= 11 is 0. The maximum absolute atomic E-state index is 13.1. The highest BCUT2D eigenvalue weighted by Gasteiger charge is 2.11. The quantitative estimate of drug-likeness (QED) is 0.815. The van der Waals surface area contributed by atoms with Crippen LogP contribution in [-0.4, -0.2) is 13.0 Å². The van der Waals surface area contributed by atoms with Gasteiger partial charge in [-0.05, 0) is 47.9 Å². The lowest BCUT2D eigenvalue weighted by atomic mass is 10.0.